The fraction of sp³-hybridized carbons (Fsp3) is 0.450. The second-order valence-electron chi connectivity index (χ2n) is 6.79. The van der Waals surface area contributed by atoms with Crippen molar-refractivity contribution in [1.82, 2.24) is 14.9 Å². The third kappa shape index (κ3) is 4.02. The molecule has 1 fully saturated rings. The van der Waals surface area contributed by atoms with Crippen molar-refractivity contribution in [1.29, 1.82) is 0 Å². The molecule has 2 aromatic rings. The topological polar surface area (TPSA) is 64.6 Å². The van der Waals surface area contributed by atoms with Gasteiger partial charge in [-0.3, -0.25) is 4.79 Å². The number of ether oxygens (including phenoxy) is 2. The van der Waals surface area contributed by atoms with Crippen LogP contribution in [0.1, 0.15) is 34.7 Å². The number of carbonyl (C=O) groups is 1. The Balaban J connectivity index is 1.72. The number of para-hydroxylation sites is 1. The van der Waals surface area contributed by atoms with Crippen LogP contribution in [0.25, 0.3) is 0 Å². The highest BCUT2D eigenvalue weighted by molar-refractivity contribution is 5.90. The number of rotatable bonds is 5. The van der Waals surface area contributed by atoms with Gasteiger partial charge < -0.3 is 14.4 Å². The van der Waals surface area contributed by atoms with E-state index in [4.69, 9.17) is 9.47 Å². The van der Waals surface area contributed by atoms with E-state index in [0.717, 1.165) is 29.8 Å². The minimum absolute atomic E-state index is 0.161. The highest BCUT2D eigenvalue weighted by atomic mass is 16.5. The first kappa shape index (κ1) is 18.3. The summed E-state index contributed by atoms with van der Waals surface area (Å²) >= 11 is 0. The van der Waals surface area contributed by atoms with Crippen molar-refractivity contribution >= 4 is 5.91 Å². The van der Waals surface area contributed by atoms with E-state index >= 15 is 0 Å². The van der Waals surface area contributed by atoms with Crippen LogP contribution < -0.4 is 4.74 Å². The SMILES string of the molecule is CO[C@]1(COc2ccccc2C)CCCN(C(=O)c2nccc(C)n2)C1. The predicted octanol–water partition coefficient (Wildman–Crippen LogP) is 2.79. The number of likely N-dealkylation sites (tertiary alicyclic amines) is 1. The number of aromatic nitrogens is 2. The molecule has 0 saturated carbocycles. The number of benzene rings is 1. The molecule has 1 aliphatic rings. The summed E-state index contributed by atoms with van der Waals surface area (Å²) in [6, 6.07) is 9.68. The highest BCUT2D eigenvalue weighted by Crippen LogP contribution is 2.27. The summed E-state index contributed by atoms with van der Waals surface area (Å²) in [6.07, 6.45) is 3.31. The molecule has 0 aliphatic carbocycles. The molecule has 0 spiro atoms. The van der Waals surface area contributed by atoms with E-state index in [-0.39, 0.29) is 11.7 Å². The number of hydrogen-bond donors (Lipinski definition) is 0. The highest BCUT2D eigenvalue weighted by Gasteiger charge is 2.39. The maximum atomic E-state index is 12.8. The van der Waals surface area contributed by atoms with Gasteiger partial charge in [0, 0.05) is 25.5 Å². The predicted molar refractivity (Wildman–Crippen MR) is 98.3 cm³/mol. The van der Waals surface area contributed by atoms with Crippen LogP contribution in [0.2, 0.25) is 0 Å². The Morgan fingerprint density at radius 2 is 2.08 bits per heavy atom. The number of aryl methyl sites for hydroxylation is 2. The molecular weight excluding hydrogens is 330 g/mol. The molecule has 1 atom stereocenters. The quantitative estimate of drug-likeness (QED) is 0.825. The largest absolute Gasteiger partial charge is 0.490 e. The van der Waals surface area contributed by atoms with E-state index in [1.54, 1.807) is 24.3 Å². The minimum atomic E-state index is -0.528. The van der Waals surface area contributed by atoms with Gasteiger partial charge in [0.2, 0.25) is 5.82 Å². The molecular formula is C20H25N3O3. The van der Waals surface area contributed by atoms with Gasteiger partial charge in [-0.15, -0.1) is 0 Å². The number of nitrogens with zero attached hydrogens (tertiary/aromatic N) is 3. The molecule has 138 valence electrons. The maximum Gasteiger partial charge on any atom is 0.291 e. The van der Waals surface area contributed by atoms with Crippen molar-refractivity contribution in [2.24, 2.45) is 0 Å². The van der Waals surface area contributed by atoms with Gasteiger partial charge in [-0.1, -0.05) is 18.2 Å². The molecule has 2 heterocycles. The lowest BCUT2D eigenvalue weighted by molar-refractivity contribution is -0.0827. The molecule has 26 heavy (non-hydrogen) atoms. The van der Waals surface area contributed by atoms with E-state index in [2.05, 4.69) is 9.97 Å². The Bertz CT molecular complexity index is 780. The molecule has 1 aromatic carbocycles. The molecule has 0 radical (unpaired) electrons. The molecule has 6 heteroatoms. The van der Waals surface area contributed by atoms with Gasteiger partial charge in [0.25, 0.3) is 5.91 Å². The summed E-state index contributed by atoms with van der Waals surface area (Å²) in [6.45, 7) is 5.40. The van der Waals surface area contributed by atoms with Crippen LogP contribution >= 0.6 is 0 Å². The molecule has 1 aromatic heterocycles. The maximum absolute atomic E-state index is 12.8. The number of amides is 1. The average molecular weight is 355 g/mol. The second-order valence-corrected chi connectivity index (χ2v) is 6.79. The van der Waals surface area contributed by atoms with Crippen LogP contribution in [-0.2, 0) is 4.74 Å². The second kappa shape index (κ2) is 7.83. The van der Waals surface area contributed by atoms with E-state index < -0.39 is 5.60 Å². The monoisotopic (exact) mass is 355 g/mol. The lowest BCUT2D eigenvalue weighted by atomic mass is 9.93. The zero-order valence-electron chi connectivity index (χ0n) is 15.6. The van der Waals surface area contributed by atoms with Gasteiger partial charge in [-0.25, -0.2) is 9.97 Å². The van der Waals surface area contributed by atoms with E-state index in [1.807, 2.05) is 38.1 Å². The van der Waals surface area contributed by atoms with Gasteiger partial charge in [-0.05, 0) is 44.4 Å². The van der Waals surface area contributed by atoms with Crippen molar-refractivity contribution < 1.29 is 14.3 Å². The van der Waals surface area contributed by atoms with E-state index in [1.165, 1.54) is 0 Å². The fourth-order valence-corrected chi connectivity index (χ4v) is 3.24. The van der Waals surface area contributed by atoms with Crippen LogP contribution in [0, 0.1) is 13.8 Å². The zero-order chi connectivity index (χ0) is 18.6. The zero-order valence-corrected chi connectivity index (χ0v) is 15.6. The van der Waals surface area contributed by atoms with Crippen molar-refractivity contribution in [3.05, 3.63) is 53.6 Å². The van der Waals surface area contributed by atoms with E-state index in [0.29, 0.717) is 19.7 Å². The first-order valence-electron chi connectivity index (χ1n) is 8.85. The van der Waals surface area contributed by atoms with Gasteiger partial charge in [0.05, 0.1) is 6.54 Å². The lowest BCUT2D eigenvalue weighted by Gasteiger charge is -2.41. The Labute approximate surface area is 154 Å². The van der Waals surface area contributed by atoms with Crippen molar-refractivity contribution in [3.63, 3.8) is 0 Å². The number of hydrogen-bond acceptors (Lipinski definition) is 5. The van der Waals surface area contributed by atoms with Gasteiger partial charge in [0.1, 0.15) is 18.0 Å². The number of piperidine rings is 1. The first-order valence-corrected chi connectivity index (χ1v) is 8.85. The van der Waals surface area contributed by atoms with Gasteiger partial charge in [-0.2, -0.15) is 0 Å². The fourth-order valence-electron chi connectivity index (χ4n) is 3.24. The van der Waals surface area contributed by atoms with Crippen LogP contribution in [0.4, 0.5) is 0 Å². The molecule has 1 aliphatic heterocycles. The van der Waals surface area contributed by atoms with E-state index in [9.17, 15) is 4.79 Å². The summed E-state index contributed by atoms with van der Waals surface area (Å²) in [5.74, 6) is 0.914. The summed E-state index contributed by atoms with van der Waals surface area (Å²) in [5, 5.41) is 0. The van der Waals surface area contributed by atoms with Crippen molar-refractivity contribution in [2.75, 3.05) is 26.8 Å². The van der Waals surface area contributed by atoms with Gasteiger partial charge in [0.15, 0.2) is 0 Å². The Morgan fingerprint density at radius 3 is 2.81 bits per heavy atom. The Morgan fingerprint density at radius 1 is 1.27 bits per heavy atom. The molecule has 3 rings (SSSR count). The molecule has 6 nitrogen and oxygen atoms in total. The summed E-state index contributed by atoms with van der Waals surface area (Å²) < 4.78 is 11.8. The van der Waals surface area contributed by atoms with Crippen LogP contribution in [0.5, 0.6) is 5.75 Å². The van der Waals surface area contributed by atoms with Crippen LogP contribution in [-0.4, -0.2) is 53.2 Å². The van der Waals surface area contributed by atoms with Crippen LogP contribution in [0.3, 0.4) is 0 Å². The first-order chi connectivity index (χ1) is 12.5. The average Bonchev–Trinajstić information content (AvgIpc) is 2.67. The summed E-state index contributed by atoms with van der Waals surface area (Å²) in [7, 11) is 1.68. The van der Waals surface area contributed by atoms with Crippen molar-refractivity contribution in [2.45, 2.75) is 32.3 Å². The minimum Gasteiger partial charge on any atom is -0.490 e. The molecule has 1 amide bonds. The third-order valence-electron chi connectivity index (χ3n) is 4.83. The Hall–Kier alpha value is -2.47. The number of methoxy groups -OCH3 is 1. The smallest absolute Gasteiger partial charge is 0.291 e. The van der Waals surface area contributed by atoms with Gasteiger partial charge >= 0.3 is 0 Å². The molecule has 0 bridgehead atoms. The third-order valence-corrected chi connectivity index (χ3v) is 4.83. The van der Waals surface area contributed by atoms with Crippen LogP contribution in [0.15, 0.2) is 36.5 Å². The van der Waals surface area contributed by atoms with Crippen molar-refractivity contribution in [3.8, 4) is 5.75 Å². The molecule has 1 saturated heterocycles. The summed E-state index contributed by atoms with van der Waals surface area (Å²) in [5.41, 5.74) is 1.33. The Kier molecular flexibility index (Phi) is 5.52. The normalized spacial score (nSPS) is 20.0. The number of carbonyl (C=O) groups excluding carboxylic acids is 1. The lowest BCUT2D eigenvalue weighted by Crippen LogP contribution is -2.54. The summed E-state index contributed by atoms with van der Waals surface area (Å²) in [4.78, 5) is 22.9. The molecule has 0 N–H and O–H groups in total. The standard InChI is InChI=1S/C20H25N3O3/c1-15-7-4-5-8-17(15)26-14-20(25-3)10-6-12-23(13-20)19(24)18-21-11-9-16(2)22-18/h4-5,7-9,11H,6,10,12-14H2,1-3H3/t20-/m1/s1. The molecule has 0 unspecified atom stereocenters.